The highest BCUT2D eigenvalue weighted by molar-refractivity contribution is 5.89. The second kappa shape index (κ2) is 4.56. The Balaban J connectivity index is 2.90. The summed E-state index contributed by atoms with van der Waals surface area (Å²) < 4.78 is 6.43. The molecule has 0 bridgehead atoms. The summed E-state index contributed by atoms with van der Waals surface area (Å²) in [4.78, 5) is 11.9. The molecule has 0 saturated heterocycles. The highest BCUT2D eigenvalue weighted by atomic mass is 16.5. The Morgan fingerprint density at radius 3 is 2.72 bits per heavy atom. The minimum atomic E-state index is -0.346. The standard InChI is InChI=1S/C14H15NO3/c1-4-5-9-6-7-11-10(8-9)12(16)13(18-3)14(17)15(11)2/h4-8,16H,1-3H3/b5-4-. The first kappa shape index (κ1) is 12.2. The van der Waals surface area contributed by atoms with E-state index in [1.54, 1.807) is 7.05 Å². The van der Waals surface area contributed by atoms with E-state index in [9.17, 15) is 9.90 Å². The predicted octanol–water partition coefficient (Wildman–Crippen LogP) is 2.29. The summed E-state index contributed by atoms with van der Waals surface area (Å²) in [6.45, 7) is 1.92. The largest absolute Gasteiger partial charge is 0.504 e. The van der Waals surface area contributed by atoms with E-state index >= 15 is 0 Å². The van der Waals surface area contributed by atoms with Crippen molar-refractivity contribution in [3.05, 3.63) is 40.2 Å². The SMILES string of the molecule is C/C=C\c1ccc2c(c1)c(O)c(OC)c(=O)n2C. The molecular weight excluding hydrogens is 230 g/mol. The Morgan fingerprint density at radius 1 is 1.39 bits per heavy atom. The quantitative estimate of drug-likeness (QED) is 0.883. The Kier molecular flexibility index (Phi) is 3.10. The summed E-state index contributed by atoms with van der Waals surface area (Å²) in [6.07, 6.45) is 3.84. The van der Waals surface area contributed by atoms with Crippen LogP contribution in [0, 0.1) is 0 Å². The van der Waals surface area contributed by atoms with Gasteiger partial charge in [0.2, 0.25) is 5.75 Å². The molecule has 2 rings (SSSR count). The van der Waals surface area contributed by atoms with Crippen LogP contribution in [0.5, 0.6) is 11.5 Å². The van der Waals surface area contributed by atoms with Gasteiger partial charge < -0.3 is 14.4 Å². The van der Waals surface area contributed by atoms with E-state index in [2.05, 4.69) is 0 Å². The number of fused-ring (bicyclic) bond motifs is 1. The van der Waals surface area contributed by atoms with Crippen molar-refractivity contribution in [3.63, 3.8) is 0 Å². The molecule has 2 aromatic rings. The van der Waals surface area contributed by atoms with E-state index < -0.39 is 0 Å². The molecule has 1 aromatic heterocycles. The molecule has 0 atom stereocenters. The van der Waals surface area contributed by atoms with E-state index in [0.717, 1.165) is 5.56 Å². The van der Waals surface area contributed by atoms with Gasteiger partial charge in [-0.25, -0.2) is 0 Å². The molecular formula is C14H15NO3. The zero-order valence-electron chi connectivity index (χ0n) is 10.6. The topological polar surface area (TPSA) is 51.5 Å². The molecule has 0 unspecified atom stereocenters. The molecule has 4 heteroatoms. The van der Waals surface area contributed by atoms with Crippen LogP contribution in [-0.4, -0.2) is 16.8 Å². The lowest BCUT2D eigenvalue weighted by atomic mass is 10.1. The van der Waals surface area contributed by atoms with Crippen LogP contribution in [0.2, 0.25) is 0 Å². The molecule has 1 aromatic carbocycles. The number of benzene rings is 1. The third kappa shape index (κ3) is 1.76. The Hall–Kier alpha value is -2.23. The van der Waals surface area contributed by atoms with Gasteiger partial charge >= 0.3 is 0 Å². The number of aromatic hydroxyl groups is 1. The van der Waals surface area contributed by atoms with Crippen molar-refractivity contribution >= 4 is 17.0 Å². The molecule has 0 fully saturated rings. The number of methoxy groups -OCH3 is 1. The molecule has 0 radical (unpaired) electrons. The second-order valence-electron chi connectivity index (χ2n) is 4.02. The van der Waals surface area contributed by atoms with Crippen LogP contribution >= 0.6 is 0 Å². The van der Waals surface area contributed by atoms with Crippen molar-refractivity contribution in [1.82, 2.24) is 4.57 Å². The van der Waals surface area contributed by atoms with Gasteiger partial charge in [-0.1, -0.05) is 18.2 Å². The predicted molar refractivity (Wildman–Crippen MR) is 72.1 cm³/mol. The van der Waals surface area contributed by atoms with Crippen LogP contribution in [0.15, 0.2) is 29.1 Å². The third-order valence-electron chi connectivity index (χ3n) is 2.91. The number of ether oxygens (including phenoxy) is 1. The third-order valence-corrected chi connectivity index (χ3v) is 2.91. The van der Waals surface area contributed by atoms with Crippen LogP contribution < -0.4 is 10.3 Å². The summed E-state index contributed by atoms with van der Waals surface area (Å²) in [7, 11) is 3.03. The first-order chi connectivity index (χ1) is 8.60. The fourth-order valence-electron chi connectivity index (χ4n) is 2.00. The lowest BCUT2D eigenvalue weighted by Gasteiger charge is -2.11. The van der Waals surface area contributed by atoms with Crippen LogP contribution in [0.3, 0.4) is 0 Å². The van der Waals surface area contributed by atoms with Gasteiger partial charge in [0.05, 0.1) is 12.6 Å². The maximum atomic E-state index is 11.9. The van der Waals surface area contributed by atoms with E-state index in [4.69, 9.17) is 4.74 Å². The van der Waals surface area contributed by atoms with Gasteiger partial charge in [0, 0.05) is 12.4 Å². The number of aromatic nitrogens is 1. The van der Waals surface area contributed by atoms with Crippen molar-refractivity contribution in [2.45, 2.75) is 6.92 Å². The van der Waals surface area contributed by atoms with E-state index in [0.29, 0.717) is 10.9 Å². The monoisotopic (exact) mass is 245 g/mol. The zero-order chi connectivity index (χ0) is 13.3. The van der Waals surface area contributed by atoms with Gasteiger partial charge in [-0.3, -0.25) is 4.79 Å². The average Bonchev–Trinajstić information content (AvgIpc) is 2.37. The molecule has 1 heterocycles. The lowest BCUT2D eigenvalue weighted by Crippen LogP contribution is -2.18. The number of pyridine rings is 1. The van der Waals surface area contributed by atoms with E-state index in [-0.39, 0.29) is 17.1 Å². The second-order valence-corrected chi connectivity index (χ2v) is 4.02. The summed E-state index contributed by atoms with van der Waals surface area (Å²) in [6, 6.07) is 5.53. The molecule has 0 aliphatic carbocycles. The van der Waals surface area contributed by atoms with Gasteiger partial charge in [-0.2, -0.15) is 0 Å². The average molecular weight is 245 g/mol. The van der Waals surface area contributed by atoms with Crippen LogP contribution in [0.25, 0.3) is 17.0 Å². The van der Waals surface area contributed by atoms with Gasteiger partial charge in [-0.15, -0.1) is 0 Å². The first-order valence-corrected chi connectivity index (χ1v) is 5.62. The van der Waals surface area contributed by atoms with Gasteiger partial charge in [-0.05, 0) is 24.6 Å². The van der Waals surface area contributed by atoms with Gasteiger partial charge in [0.15, 0.2) is 5.75 Å². The number of allylic oxidation sites excluding steroid dienone is 1. The van der Waals surface area contributed by atoms with Crippen molar-refractivity contribution in [1.29, 1.82) is 0 Å². The number of nitrogens with zero attached hydrogens (tertiary/aromatic N) is 1. The first-order valence-electron chi connectivity index (χ1n) is 5.62. The van der Waals surface area contributed by atoms with Crippen molar-refractivity contribution in [2.24, 2.45) is 7.05 Å². The van der Waals surface area contributed by atoms with Crippen molar-refractivity contribution in [2.75, 3.05) is 7.11 Å². The molecule has 1 N–H and O–H groups in total. The lowest BCUT2D eigenvalue weighted by molar-refractivity contribution is 0.368. The molecule has 0 spiro atoms. The molecule has 0 amide bonds. The molecule has 0 saturated carbocycles. The van der Waals surface area contributed by atoms with E-state index in [1.165, 1.54) is 11.7 Å². The Morgan fingerprint density at radius 2 is 2.11 bits per heavy atom. The van der Waals surface area contributed by atoms with Crippen LogP contribution in [0.1, 0.15) is 12.5 Å². The normalized spacial score (nSPS) is 11.3. The number of rotatable bonds is 2. The molecule has 0 aliphatic rings. The van der Waals surface area contributed by atoms with Crippen molar-refractivity contribution < 1.29 is 9.84 Å². The molecule has 0 aliphatic heterocycles. The number of aryl methyl sites for hydroxylation is 1. The fourth-order valence-corrected chi connectivity index (χ4v) is 2.00. The molecule has 94 valence electrons. The van der Waals surface area contributed by atoms with Crippen LogP contribution in [0.4, 0.5) is 0 Å². The fraction of sp³-hybridized carbons (Fsp3) is 0.214. The number of hydrogen-bond donors (Lipinski definition) is 1. The van der Waals surface area contributed by atoms with Gasteiger partial charge in [0.25, 0.3) is 5.56 Å². The summed E-state index contributed by atoms with van der Waals surface area (Å²) in [5.41, 5.74) is 1.29. The van der Waals surface area contributed by atoms with Crippen molar-refractivity contribution in [3.8, 4) is 11.5 Å². The highest BCUT2D eigenvalue weighted by Gasteiger charge is 2.14. The Labute approximate surface area is 105 Å². The zero-order valence-corrected chi connectivity index (χ0v) is 10.6. The van der Waals surface area contributed by atoms with Crippen LogP contribution in [-0.2, 0) is 7.05 Å². The highest BCUT2D eigenvalue weighted by Crippen LogP contribution is 2.31. The number of hydrogen-bond acceptors (Lipinski definition) is 3. The molecule has 18 heavy (non-hydrogen) atoms. The summed E-state index contributed by atoms with van der Waals surface area (Å²) >= 11 is 0. The molecule has 4 nitrogen and oxygen atoms in total. The minimum absolute atomic E-state index is 0.0253. The maximum absolute atomic E-state index is 11.9. The van der Waals surface area contributed by atoms with Gasteiger partial charge in [0.1, 0.15) is 0 Å². The van der Waals surface area contributed by atoms with E-state index in [1.807, 2.05) is 37.3 Å². The minimum Gasteiger partial charge on any atom is -0.504 e. The Bertz CT molecular complexity index is 683. The maximum Gasteiger partial charge on any atom is 0.297 e. The summed E-state index contributed by atoms with van der Waals surface area (Å²) in [5, 5.41) is 10.7. The smallest absolute Gasteiger partial charge is 0.297 e. The summed E-state index contributed by atoms with van der Waals surface area (Å²) in [5.74, 6) is -0.135.